The molecule has 0 spiro atoms. The zero-order valence-electron chi connectivity index (χ0n) is 11.1. The summed E-state index contributed by atoms with van der Waals surface area (Å²) in [5, 5.41) is 2.09. The van der Waals surface area contributed by atoms with E-state index >= 15 is 0 Å². The lowest BCUT2D eigenvalue weighted by Gasteiger charge is -2.27. The highest BCUT2D eigenvalue weighted by Crippen LogP contribution is 2.24. The van der Waals surface area contributed by atoms with Gasteiger partial charge >= 0.3 is 0 Å². The van der Waals surface area contributed by atoms with E-state index in [2.05, 4.69) is 11.4 Å². The number of halogens is 1. The maximum Gasteiger partial charge on any atom is 0.223 e. The molecule has 0 N–H and O–H groups in total. The van der Waals surface area contributed by atoms with Crippen LogP contribution in [0, 0.1) is 5.82 Å². The maximum atomic E-state index is 12.8. The van der Waals surface area contributed by atoms with Crippen LogP contribution in [0.15, 0.2) is 35.7 Å². The Morgan fingerprint density at radius 1 is 1.25 bits per heavy atom. The highest BCUT2D eigenvalue weighted by molar-refractivity contribution is 7.10. The lowest BCUT2D eigenvalue weighted by Crippen LogP contribution is -2.35. The first-order valence-electron chi connectivity index (χ1n) is 6.80. The fraction of sp³-hybridized carbons (Fsp3) is 0.312. The third-order valence-corrected chi connectivity index (χ3v) is 4.72. The summed E-state index contributed by atoms with van der Waals surface area (Å²) in [5.74, 6) is -0.0488. The van der Waals surface area contributed by atoms with E-state index in [4.69, 9.17) is 0 Å². The number of rotatable bonds is 3. The van der Waals surface area contributed by atoms with Crippen molar-refractivity contribution in [2.75, 3.05) is 6.54 Å². The van der Waals surface area contributed by atoms with E-state index in [-0.39, 0.29) is 11.7 Å². The second-order valence-corrected chi connectivity index (χ2v) is 6.06. The minimum atomic E-state index is -0.235. The van der Waals surface area contributed by atoms with Gasteiger partial charge in [0.25, 0.3) is 0 Å². The van der Waals surface area contributed by atoms with Crippen LogP contribution in [-0.2, 0) is 24.2 Å². The molecule has 0 bridgehead atoms. The first-order valence-corrected chi connectivity index (χ1v) is 7.68. The summed E-state index contributed by atoms with van der Waals surface area (Å²) in [4.78, 5) is 15.6. The molecule has 0 atom stereocenters. The molecule has 2 aromatic rings. The van der Waals surface area contributed by atoms with Gasteiger partial charge in [0.15, 0.2) is 0 Å². The van der Waals surface area contributed by atoms with Gasteiger partial charge in [0.2, 0.25) is 5.91 Å². The van der Waals surface area contributed by atoms with Gasteiger partial charge in [0, 0.05) is 24.4 Å². The number of carbonyl (C=O) groups is 1. The standard InChI is InChI=1S/C16H16FNOS/c17-14-4-1-12(2-5-14)3-6-16(19)18-9-7-15-13(11-18)8-10-20-15/h1-2,4-5,8,10H,3,6-7,9,11H2. The largest absolute Gasteiger partial charge is 0.338 e. The van der Waals surface area contributed by atoms with Gasteiger partial charge in [-0.3, -0.25) is 4.79 Å². The third kappa shape index (κ3) is 2.90. The molecule has 0 aliphatic carbocycles. The summed E-state index contributed by atoms with van der Waals surface area (Å²) < 4.78 is 12.8. The van der Waals surface area contributed by atoms with Crippen LogP contribution in [0.2, 0.25) is 0 Å². The van der Waals surface area contributed by atoms with Gasteiger partial charge in [0.1, 0.15) is 5.82 Å². The van der Waals surface area contributed by atoms with Crippen LogP contribution in [0.4, 0.5) is 4.39 Å². The number of carbonyl (C=O) groups excluding carboxylic acids is 1. The molecule has 1 aliphatic heterocycles. The first-order chi connectivity index (χ1) is 9.72. The summed E-state index contributed by atoms with van der Waals surface area (Å²) in [5.41, 5.74) is 2.30. The Hall–Kier alpha value is -1.68. The van der Waals surface area contributed by atoms with Crippen molar-refractivity contribution in [2.45, 2.75) is 25.8 Å². The third-order valence-electron chi connectivity index (χ3n) is 3.70. The quantitative estimate of drug-likeness (QED) is 0.848. The van der Waals surface area contributed by atoms with Crippen LogP contribution < -0.4 is 0 Å². The van der Waals surface area contributed by atoms with Gasteiger partial charge in [0.05, 0.1) is 0 Å². The summed E-state index contributed by atoms with van der Waals surface area (Å²) in [7, 11) is 0. The smallest absolute Gasteiger partial charge is 0.223 e. The van der Waals surface area contributed by atoms with Crippen molar-refractivity contribution < 1.29 is 9.18 Å². The molecule has 0 saturated carbocycles. The molecular formula is C16H16FNOS. The van der Waals surface area contributed by atoms with Gasteiger partial charge in [-0.25, -0.2) is 4.39 Å². The van der Waals surface area contributed by atoms with Gasteiger partial charge in [-0.1, -0.05) is 12.1 Å². The van der Waals surface area contributed by atoms with Crippen LogP contribution in [0.3, 0.4) is 0 Å². The molecule has 104 valence electrons. The molecule has 1 aromatic carbocycles. The van der Waals surface area contributed by atoms with Crippen molar-refractivity contribution in [2.24, 2.45) is 0 Å². The van der Waals surface area contributed by atoms with E-state index in [9.17, 15) is 9.18 Å². The molecule has 2 nitrogen and oxygen atoms in total. The van der Waals surface area contributed by atoms with Crippen molar-refractivity contribution >= 4 is 17.2 Å². The van der Waals surface area contributed by atoms with Crippen molar-refractivity contribution in [1.82, 2.24) is 4.90 Å². The molecule has 4 heteroatoms. The van der Waals surface area contributed by atoms with Crippen molar-refractivity contribution in [3.63, 3.8) is 0 Å². The molecule has 1 aromatic heterocycles. The Balaban J connectivity index is 1.56. The van der Waals surface area contributed by atoms with E-state index < -0.39 is 0 Å². The summed E-state index contributed by atoms with van der Waals surface area (Å²) >= 11 is 1.78. The average Bonchev–Trinajstić information content (AvgIpc) is 2.93. The van der Waals surface area contributed by atoms with Crippen LogP contribution in [0.1, 0.15) is 22.4 Å². The molecular weight excluding hydrogens is 273 g/mol. The van der Waals surface area contributed by atoms with Gasteiger partial charge in [-0.2, -0.15) is 0 Å². The predicted molar refractivity (Wildman–Crippen MR) is 78.2 cm³/mol. The van der Waals surface area contributed by atoms with E-state index in [1.807, 2.05) is 4.90 Å². The number of fused-ring (bicyclic) bond motifs is 1. The highest BCUT2D eigenvalue weighted by atomic mass is 32.1. The summed E-state index contributed by atoms with van der Waals surface area (Å²) in [6, 6.07) is 8.49. The van der Waals surface area contributed by atoms with Crippen molar-refractivity contribution in [1.29, 1.82) is 0 Å². The second kappa shape index (κ2) is 5.75. The number of thiophene rings is 1. The number of nitrogens with zero attached hydrogens (tertiary/aromatic N) is 1. The number of benzene rings is 1. The topological polar surface area (TPSA) is 20.3 Å². The molecule has 20 heavy (non-hydrogen) atoms. The Labute approximate surface area is 121 Å². The second-order valence-electron chi connectivity index (χ2n) is 5.06. The normalized spacial score (nSPS) is 14.2. The van der Waals surface area contributed by atoms with E-state index in [1.54, 1.807) is 23.5 Å². The molecule has 1 amide bonds. The minimum absolute atomic E-state index is 0.186. The fourth-order valence-electron chi connectivity index (χ4n) is 2.52. The highest BCUT2D eigenvalue weighted by Gasteiger charge is 2.20. The van der Waals surface area contributed by atoms with Crippen LogP contribution in [-0.4, -0.2) is 17.4 Å². The molecule has 0 radical (unpaired) electrons. The maximum absolute atomic E-state index is 12.8. The summed E-state index contributed by atoms with van der Waals surface area (Å²) in [6.07, 6.45) is 2.13. The number of hydrogen-bond donors (Lipinski definition) is 0. The predicted octanol–water partition coefficient (Wildman–Crippen LogP) is 3.40. The lowest BCUT2D eigenvalue weighted by atomic mass is 10.1. The van der Waals surface area contributed by atoms with Crippen molar-refractivity contribution in [3.8, 4) is 0 Å². The molecule has 0 saturated heterocycles. The Bertz CT molecular complexity index is 605. The molecule has 0 unspecified atom stereocenters. The van der Waals surface area contributed by atoms with Crippen LogP contribution >= 0.6 is 11.3 Å². The molecule has 2 heterocycles. The number of aryl methyl sites for hydroxylation is 1. The van der Waals surface area contributed by atoms with Gasteiger partial charge in [-0.15, -0.1) is 11.3 Å². The van der Waals surface area contributed by atoms with Gasteiger partial charge < -0.3 is 4.90 Å². The first kappa shape index (κ1) is 13.3. The lowest BCUT2D eigenvalue weighted by molar-refractivity contribution is -0.132. The molecule has 3 rings (SSSR count). The minimum Gasteiger partial charge on any atom is -0.338 e. The number of amides is 1. The van der Waals surface area contributed by atoms with Crippen LogP contribution in [0.25, 0.3) is 0 Å². The van der Waals surface area contributed by atoms with Gasteiger partial charge in [-0.05, 0) is 47.5 Å². The monoisotopic (exact) mass is 289 g/mol. The Kier molecular flexibility index (Phi) is 3.83. The van der Waals surface area contributed by atoms with Crippen LogP contribution in [0.5, 0.6) is 0 Å². The van der Waals surface area contributed by atoms with E-state index in [0.717, 1.165) is 25.1 Å². The van der Waals surface area contributed by atoms with E-state index in [0.29, 0.717) is 12.8 Å². The Morgan fingerprint density at radius 3 is 2.85 bits per heavy atom. The van der Waals surface area contributed by atoms with Crippen molar-refractivity contribution in [3.05, 3.63) is 57.5 Å². The Morgan fingerprint density at radius 2 is 2.05 bits per heavy atom. The zero-order chi connectivity index (χ0) is 13.9. The SMILES string of the molecule is O=C(CCc1ccc(F)cc1)N1CCc2sccc2C1. The average molecular weight is 289 g/mol. The molecule has 1 aliphatic rings. The zero-order valence-corrected chi connectivity index (χ0v) is 12.0. The number of hydrogen-bond acceptors (Lipinski definition) is 2. The molecule has 0 fully saturated rings. The van der Waals surface area contributed by atoms with E-state index in [1.165, 1.54) is 22.6 Å². The fourth-order valence-corrected chi connectivity index (χ4v) is 3.41. The summed E-state index contributed by atoms with van der Waals surface area (Å²) in [6.45, 7) is 1.55.